The monoisotopic (exact) mass is 566 g/mol. The Kier molecular flexibility index (Phi) is 6.54. The second-order valence-electron chi connectivity index (χ2n) is 11.0. The summed E-state index contributed by atoms with van der Waals surface area (Å²) in [6.07, 6.45) is 4.14. The standard InChI is InChI=1S/C41H30N2O/c1-3-10-29(11-4-1)31-17-19-33(20-18-31)36-14-7-8-15-38(36)43(34-23-21-32(22-24-34)30-12-5-2-6-13-30)35-25-26-39-37(28-35)41-40(44-39)16-9-27-42-41/h1-26,28,42H,27H2. The summed E-state index contributed by atoms with van der Waals surface area (Å²) >= 11 is 0. The number of hydrogen-bond acceptors (Lipinski definition) is 3. The first-order chi connectivity index (χ1) is 21.8. The molecule has 0 aliphatic carbocycles. The van der Waals surface area contributed by atoms with Gasteiger partial charge in [0.25, 0.3) is 0 Å². The van der Waals surface area contributed by atoms with Gasteiger partial charge in [-0.05, 0) is 70.3 Å². The zero-order valence-corrected chi connectivity index (χ0v) is 24.2. The van der Waals surface area contributed by atoms with Gasteiger partial charge < -0.3 is 14.6 Å². The van der Waals surface area contributed by atoms with Crippen molar-refractivity contribution in [3.05, 3.63) is 163 Å². The quantitative estimate of drug-likeness (QED) is 0.217. The molecule has 2 heterocycles. The fourth-order valence-electron chi connectivity index (χ4n) is 6.12. The van der Waals surface area contributed by atoms with Crippen molar-refractivity contribution in [2.75, 3.05) is 16.8 Å². The number of rotatable bonds is 6. The summed E-state index contributed by atoms with van der Waals surface area (Å²) in [5, 5.41) is 4.59. The fraction of sp³-hybridized carbons (Fsp3) is 0.0244. The van der Waals surface area contributed by atoms with Gasteiger partial charge in [0, 0.05) is 28.9 Å². The molecule has 7 aromatic rings. The van der Waals surface area contributed by atoms with Crippen LogP contribution >= 0.6 is 0 Å². The van der Waals surface area contributed by atoms with Crippen molar-refractivity contribution in [1.29, 1.82) is 0 Å². The lowest BCUT2D eigenvalue weighted by Gasteiger charge is -2.28. The molecule has 1 aromatic heterocycles. The van der Waals surface area contributed by atoms with Crippen molar-refractivity contribution in [2.45, 2.75) is 0 Å². The Balaban J connectivity index is 1.27. The summed E-state index contributed by atoms with van der Waals surface area (Å²) in [7, 11) is 0. The van der Waals surface area contributed by atoms with Gasteiger partial charge in [0.05, 0.1) is 11.4 Å². The van der Waals surface area contributed by atoms with Gasteiger partial charge in [-0.25, -0.2) is 0 Å². The van der Waals surface area contributed by atoms with Crippen LogP contribution in [0.25, 0.3) is 50.4 Å². The molecule has 3 heteroatoms. The lowest BCUT2D eigenvalue weighted by molar-refractivity contribution is 0.604. The van der Waals surface area contributed by atoms with Crippen molar-refractivity contribution >= 4 is 39.8 Å². The molecule has 0 unspecified atom stereocenters. The fourth-order valence-corrected chi connectivity index (χ4v) is 6.12. The maximum absolute atomic E-state index is 6.17. The highest BCUT2D eigenvalue weighted by Crippen LogP contribution is 2.44. The molecule has 44 heavy (non-hydrogen) atoms. The van der Waals surface area contributed by atoms with Crippen molar-refractivity contribution in [3.63, 3.8) is 0 Å². The third kappa shape index (κ3) is 4.75. The predicted molar refractivity (Wildman–Crippen MR) is 185 cm³/mol. The Bertz CT molecular complexity index is 2090. The minimum atomic E-state index is 0.790. The zero-order valence-electron chi connectivity index (χ0n) is 24.2. The van der Waals surface area contributed by atoms with Gasteiger partial charge in [-0.1, -0.05) is 121 Å². The zero-order chi connectivity index (χ0) is 29.3. The summed E-state index contributed by atoms with van der Waals surface area (Å²) in [5.74, 6) is 0.876. The topological polar surface area (TPSA) is 28.4 Å². The molecule has 0 radical (unpaired) electrons. The second-order valence-corrected chi connectivity index (χ2v) is 11.0. The highest BCUT2D eigenvalue weighted by molar-refractivity contribution is 6.00. The van der Waals surface area contributed by atoms with E-state index in [1.165, 1.54) is 27.8 Å². The molecule has 3 nitrogen and oxygen atoms in total. The molecule has 0 fully saturated rings. The van der Waals surface area contributed by atoms with E-state index in [2.05, 4.69) is 174 Å². The predicted octanol–water partition coefficient (Wildman–Crippen LogP) is 11.3. The van der Waals surface area contributed by atoms with Crippen LogP contribution in [0.1, 0.15) is 5.76 Å². The molecule has 210 valence electrons. The number of anilines is 4. The third-order valence-corrected chi connectivity index (χ3v) is 8.30. The normalized spacial score (nSPS) is 12.1. The Morgan fingerprint density at radius 3 is 1.80 bits per heavy atom. The van der Waals surface area contributed by atoms with E-state index in [1.54, 1.807) is 0 Å². The van der Waals surface area contributed by atoms with Crippen LogP contribution in [0.4, 0.5) is 22.7 Å². The van der Waals surface area contributed by atoms with E-state index in [0.29, 0.717) is 0 Å². The lowest BCUT2D eigenvalue weighted by Crippen LogP contribution is -2.11. The van der Waals surface area contributed by atoms with E-state index >= 15 is 0 Å². The molecular formula is C41H30N2O. The maximum Gasteiger partial charge on any atom is 0.151 e. The molecule has 0 atom stereocenters. The largest absolute Gasteiger partial charge is 0.454 e. The number of para-hydroxylation sites is 1. The number of nitrogens with zero attached hydrogens (tertiary/aromatic N) is 1. The molecule has 1 aliphatic rings. The highest BCUT2D eigenvalue weighted by Gasteiger charge is 2.20. The van der Waals surface area contributed by atoms with E-state index in [-0.39, 0.29) is 0 Å². The van der Waals surface area contributed by atoms with Crippen molar-refractivity contribution in [2.24, 2.45) is 0 Å². The van der Waals surface area contributed by atoms with E-state index in [1.807, 2.05) is 0 Å². The number of benzene rings is 6. The van der Waals surface area contributed by atoms with E-state index in [0.717, 1.165) is 51.6 Å². The number of nitrogens with one attached hydrogen (secondary N) is 1. The molecule has 0 bridgehead atoms. The molecule has 0 spiro atoms. The van der Waals surface area contributed by atoms with Crippen LogP contribution in [0.2, 0.25) is 0 Å². The summed E-state index contributed by atoms with van der Waals surface area (Å²) in [6, 6.07) is 53.9. The van der Waals surface area contributed by atoms with E-state index < -0.39 is 0 Å². The Hall–Kier alpha value is -5.80. The molecule has 0 saturated heterocycles. The highest BCUT2D eigenvalue weighted by atomic mass is 16.3. The third-order valence-electron chi connectivity index (χ3n) is 8.30. The summed E-state index contributed by atoms with van der Waals surface area (Å²) in [6.45, 7) is 0.790. The van der Waals surface area contributed by atoms with E-state index in [4.69, 9.17) is 4.42 Å². The van der Waals surface area contributed by atoms with Crippen LogP contribution in [-0.4, -0.2) is 6.54 Å². The minimum Gasteiger partial charge on any atom is -0.454 e. The number of hydrogen-bond donors (Lipinski definition) is 1. The molecule has 1 aliphatic heterocycles. The van der Waals surface area contributed by atoms with Gasteiger partial charge in [0.2, 0.25) is 0 Å². The Morgan fingerprint density at radius 1 is 0.523 bits per heavy atom. The van der Waals surface area contributed by atoms with Gasteiger partial charge in [-0.15, -0.1) is 0 Å². The van der Waals surface area contributed by atoms with Gasteiger partial charge in [-0.3, -0.25) is 0 Å². The van der Waals surface area contributed by atoms with Crippen molar-refractivity contribution in [1.82, 2.24) is 0 Å². The molecule has 0 saturated carbocycles. The average molecular weight is 567 g/mol. The number of fused-ring (bicyclic) bond motifs is 3. The van der Waals surface area contributed by atoms with Gasteiger partial charge in [-0.2, -0.15) is 0 Å². The van der Waals surface area contributed by atoms with Crippen LogP contribution < -0.4 is 10.2 Å². The second kappa shape index (κ2) is 11.1. The first kappa shape index (κ1) is 25.9. The first-order valence-corrected chi connectivity index (χ1v) is 15.0. The molecular weight excluding hydrogens is 536 g/mol. The Morgan fingerprint density at radius 2 is 1.09 bits per heavy atom. The van der Waals surface area contributed by atoms with Gasteiger partial charge >= 0.3 is 0 Å². The van der Waals surface area contributed by atoms with Crippen LogP contribution in [0, 0.1) is 0 Å². The summed E-state index contributed by atoms with van der Waals surface area (Å²) in [5.41, 5.74) is 12.3. The van der Waals surface area contributed by atoms with Crippen LogP contribution in [0.15, 0.2) is 162 Å². The number of furan rings is 1. The van der Waals surface area contributed by atoms with Crippen molar-refractivity contribution < 1.29 is 4.42 Å². The van der Waals surface area contributed by atoms with Crippen LogP contribution in [0.3, 0.4) is 0 Å². The molecule has 0 amide bonds. The lowest BCUT2D eigenvalue weighted by atomic mass is 9.98. The molecule has 1 N–H and O–H groups in total. The smallest absolute Gasteiger partial charge is 0.151 e. The van der Waals surface area contributed by atoms with Crippen LogP contribution in [0.5, 0.6) is 0 Å². The summed E-state index contributed by atoms with van der Waals surface area (Å²) in [4.78, 5) is 2.35. The molecule has 8 rings (SSSR count). The summed E-state index contributed by atoms with van der Waals surface area (Å²) < 4.78 is 6.17. The van der Waals surface area contributed by atoms with E-state index in [9.17, 15) is 0 Å². The average Bonchev–Trinajstić information content (AvgIpc) is 3.48. The first-order valence-electron chi connectivity index (χ1n) is 15.0. The Labute approximate surface area is 257 Å². The SMILES string of the molecule is C1=Cc2oc3ccc(N(c4ccc(-c5ccccc5)cc4)c4ccccc4-c4ccc(-c5ccccc5)cc4)cc3c2NC1. The van der Waals surface area contributed by atoms with Gasteiger partial charge in [0.1, 0.15) is 5.58 Å². The van der Waals surface area contributed by atoms with Crippen molar-refractivity contribution in [3.8, 4) is 33.4 Å². The minimum absolute atomic E-state index is 0.790. The van der Waals surface area contributed by atoms with Gasteiger partial charge in [0.15, 0.2) is 5.76 Å². The van der Waals surface area contributed by atoms with Crippen LogP contribution in [-0.2, 0) is 0 Å². The molecule has 6 aromatic carbocycles. The maximum atomic E-state index is 6.17.